The lowest BCUT2D eigenvalue weighted by molar-refractivity contribution is -0.214. The molecule has 3 atom stereocenters. The molecule has 0 aromatic carbocycles. The van der Waals surface area contributed by atoms with Gasteiger partial charge >= 0.3 is 11.9 Å². The number of carbonyl (C=O) groups is 2. The molecule has 4 nitrogen and oxygen atoms in total. The molecule has 3 rings (SSSR count). The van der Waals surface area contributed by atoms with E-state index in [2.05, 4.69) is 6.58 Å². The van der Waals surface area contributed by atoms with Crippen LogP contribution in [0.2, 0.25) is 0 Å². The van der Waals surface area contributed by atoms with Crippen molar-refractivity contribution in [2.45, 2.75) is 44.8 Å². The molecule has 0 aromatic rings. The molecule has 4 heteroatoms. The number of rotatable bonds is 2. The first-order valence-electron chi connectivity index (χ1n) is 5.52. The molecule has 0 N–H and O–H groups in total. The Hall–Kier alpha value is -1.32. The fraction of sp³-hybridized carbons (Fsp3) is 0.667. The highest BCUT2D eigenvalue weighted by atomic mass is 16.6. The quantitative estimate of drug-likeness (QED) is 0.528. The van der Waals surface area contributed by atoms with E-state index < -0.39 is 11.6 Å². The van der Waals surface area contributed by atoms with Gasteiger partial charge in [-0.2, -0.15) is 0 Å². The lowest BCUT2D eigenvalue weighted by atomic mass is 9.74. The van der Waals surface area contributed by atoms with Gasteiger partial charge in [0.2, 0.25) is 0 Å². The second-order valence-corrected chi connectivity index (χ2v) is 4.89. The van der Waals surface area contributed by atoms with E-state index in [9.17, 15) is 9.59 Å². The average Bonchev–Trinajstić information content (AvgIpc) is 2.19. The molecule has 1 saturated carbocycles. The van der Waals surface area contributed by atoms with Crippen LogP contribution in [0.5, 0.6) is 0 Å². The van der Waals surface area contributed by atoms with Crippen LogP contribution in [0.3, 0.4) is 0 Å². The van der Waals surface area contributed by atoms with Crippen LogP contribution in [0.15, 0.2) is 12.2 Å². The van der Waals surface area contributed by atoms with Gasteiger partial charge in [-0.25, -0.2) is 4.79 Å². The van der Waals surface area contributed by atoms with E-state index in [4.69, 9.17) is 9.47 Å². The Labute approximate surface area is 94.6 Å². The average molecular weight is 224 g/mol. The van der Waals surface area contributed by atoms with Gasteiger partial charge in [0.1, 0.15) is 11.7 Å². The zero-order chi connectivity index (χ0) is 11.9. The minimum atomic E-state index is -0.674. The first kappa shape index (κ1) is 11.2. The third-order valence-electron chi connectivity index (χ3n) is 3.38. The highest BCUT2D eigenvalue weighted by Gasteiger charge is 2.52. The van der Waals surface area contributed by atoms with E-state index in [0.717, 1.165) is 12.8 Å². The topological polar surface area (TPSA) is 52.6 Å². The molecule has 2 heterocycles. The monoisotopic (exact) mass is 224 g/mol. The summed E-state index contributed by atoms with van der Waals surface area (Å²) in [5.74, 6) is -0.681. The molecule has 0 spiro atoms. The number of ether oxygens (including phenoxy) is 2. The predicted octanol–water partition coefficient (Wildman–Crippen LogP) is 1.59. The fourth-order valence-electron chi connectivity index (χ4n) is 2.41. The van der Waals surface area contributed by atoms with E-state index in [-0.39, 0.29) is 18.0 Å². The maximum absolute atomic E-state index is 11.5. The summed E-state index contributed by atoms with van der Waals surface area (Å²) in [4.78, 5) is 22.9. The minimum Gasteiger partial charge on any atom is -0.458 e. The van der Waals surface area contributed by atoms with Crippen molar-refractivity contribution in [3.05, 3.63) is 12.2 Å². The Morgan fingerprint density at radius 2 is 2.25 bits per heavy atom. The Morgan fingerprint density at radius 3 is 2.69 bits per heavy atom. The molecule has 2 bridgehead atoms. The first-order chi connectivity index (χ1) is 7.42. The van der Waals surface area contributed by atoms with Gasteiger partial charge in [0, 0.05) is 12.0 Å². The molecular weight excluding hydrogens is 208 g/mol. The van der Waals surface area contributed by atoms with Crippen LogP contribution < -0.4 is 0 Å². The highest BCUT2D eigenvalue weighted by molar-refractivity contribution is 5.87. The molecule has 16 heavy (non-hydrogen) atoms. The van der Waals surface area contributed by atoms with E-state index in [1.807, 2.05) is 6.92 Å². The fourth-order valence-corrected chi connectivity index (χ4v) is 2.41. The normalized spacial score (nSPS) is 36.8. The van der Waals surface area contributed by atoms with E-state index >= 15 is 0 Å². The molecule has 2 saturated heterocycles. The van der Waals surface area contributed by atoms with Crippen LogP contribution in [-0.4, -0.2) is 23.6 Å². The van der Waals surface area contributed by atoms with Crippen LogP contribution >= 0.6 is 0 Å². The minimum absolute atomic E-state index is 0.118. The summed E-state index contributed by atoms with van der Waals surface area (Å²) in [5, 5.41) is 0. The van der Waals surface area contributed by atoms with Gasteiger partial charge in [0.15, 0.2) is 0 Å². The number of carbonyl (C=O) groups excluding carboxylic acids is 2. The van der Waals surface area contributed by atoms with Crippen molar-refractivity contribution in [2.75, 3.05) is 0 Å². The predicted molar refractivity (Wildman–Crippen MR) is 56.5 cm³/mol. The standard InChI is InChI=1S/C12H16O4/c1-7(2)10(13)16-12(3)6-8-4-5-9(12)15-11(8)14/h8-9H,1,4-6H2,2-3H3. The van der Waals surface area contributed by atoms with Gasteiger partial charge in [0.25, 0.3) is 0 Å². The lowest BCUT2D eigenvalue weighted by Crippen LogP contribution is -2.56. The summed E-state index contributed by atoms with van der Waals surface area (Å²) in [6, 6.07) is 0. The van der Waals surface area contributed by atoms with Gasteiger partial charge in [-0.3, -0.25) is 4.79 Å². The third kappa shape index (κ3) is 1.72. The number of hydrogen-bond donors (Lipinski definition) is 0. The third-order valence-corrected chi connectivity index (χ3v) is 3.38. The highest BCUT2D eigenvalue weighted by Crippen LogP contribution is 2.42. The van der Waals surface area contributed by atoms with Crippen LogP contribution in [0.4, 0.5) is 0 Å². The first-order valence-corrected chi connectivity index (χ1v) is 5.52. The van der Waals surface area contributed by atoms with Crippen molar-refractivity contribution in [3.8, 4) is 0 Å². The van der Waals surface area contributed by atoms with E-state index in [1.165, 1.54) is 0 Å². The molecular formula is C12H16O4. The molecule has 1 aliphatic carbocycles. The molecule has 0 radical (unpaired) electrons. The maximum atomic E-state index is 11.5. The molecule has 2 aliphatic heterocycles. The Morgan fingerprint density at radius 1 is 1.56 bits per heavy atom. The van der Waals surface area contributed by atoms with Crippen LogP contribution in [0, 0.1) is 5.92 Å². The molecule has 3 aliphatic rings. The molecule has 88 valence electrons. The summed E-state index contributed by atoms with van der Waals surface area (Å²) in [6.45, 7) is 6.99. The van der Waals surface area contributed by atoms with Crippen molar-refractivity contribution in [1.82, 2.24) is 0 Å². The van der Waals surface area contributed by atoms with Crippen molar-refractivity contribution >= 4 is 11.9 Å². The Kier molecular flexibility index (Phi) is 2.52. The van der Waals surface area contributed by atoms with Crippen LogP contribution in [0.1, 0.15) is 33.1 Å². The van der Waals surface area contributed by atoms with Crippen molar-refractivity contribution in [1.29, 1.82) is 0 Å². The van der Waals surface area contributed by atoms with Gasteiger partial charge in [-0.15, -0.1) is 0 Å². The van der Waals surface area contributed by atoms with Crippen LogP contribution in [0.25, 0.3) is 0 Å². The second kappa shape index (κ2) is 3.61. The lowest BCUT2D eigenvalue weighted by Gasteiger charge is -2.47. The number of fused-ring (bicyclic) bond motifs is 3. The largest absolute Gasteiger partial charge is 0.458 e. The molecule has 0 aromatic heterocycles. The van der Waals surface area contributed by atoms with Gasteiger partial charge in [-0.05, 0) is 26.7 Å². The summed E-state index contributed by atoms with van der Waals surface area (Å²) in [7, 11) is 0. The van der Waals surface area contributed by atoms with Gasteiger partial charge in [0.05, 0.1) is 5.92 Å². The van der Waals surface area contributed by atoms with Gasteiger partial charge < -0.3 is 9.47 Å². The molecule has 0 amide bonds. The summed E-state index contributed by atoms with van der Waals surface area (Å²) in [5.41, 5.74) is -0.304. The van der Waals surface area contributed by atoms with Gasteiger partial charge in [-0.1, -0.05) is 6.58 Å². The SMILES string of the molecule is C=C(C)C(=O)OC1(C)CC2CCC1OC2=O. The molecule has 3 unspecified atom stereocenters. The summed E-state index contributed by atoms with van der Waals surface area (Å²) >= 11 is 0. The maximum Gasteiger partial charge on any atom is 0.333 e. The van der Waals surface area contributed by atoms with Crippen molar-refractivity contribution < 1.29 is 19.1 Å². The summed E-state index contributed by atoms with van der Waals surface area (Å²) in [6.07, 6.45) is 1.88. The van der Waals surface area contributed by atoms with E-state index in [1.54, 1.807) is 6.92 Å². The smallest absolute Gasteiger partial charge is 0.333 e. The Balaban J connectivity index is 2.12. The summed E-state index contributed by atoms with van der Waals surface area (Å²) < 4.78 is 10.6. The number of hydrogen-bond acceptors (Lipinski definition) is 4. The number of esters is 2. The van der Waals surface area contributed by atoms with Crippen molar-refractivity contribution in [2.24, 2.45) is 5.92 Å². The Bertz CT molecular complexity index is 360. The van der Waals surface area contributed by atoms with Crippen LogP contribution in [-0.2, 0) is 19.1 Å². The second-order valence-electron chi connectivity index (χ2n) is 4.89. The van der Waals surface area contributed by atoms with E-state index in [0.29, 0.717) is 12.0 Å². The van der Waals surface area contributed by atoms with Crippen molar-refractivity contribution in [3.63, 3.8) is 0 Å². The zero-order valence-corrected chi connectivity index (χ0v) is 9.62. The zero-order valence-electron chi connectivity index (χ0n) is 9.62. The molecule has 3 fully saturated rings.